The van der Waals surface area contributed by atoms with Crippen LogP contribution in [-0.4, -0.2) is 50.9 Å². The molecule has 8 heteroatoms. The summed E-state index contributed by atoms with van der Waals surface area (Å²) in [6.07, 6.45) is 4.65. The van der Waals surface area contributed by atoms with Crippen LogP contribution in [0, 0.1) is 11.2 Å². The van der Waals surface area contributed by atoms with Gasteiger partial charge in [-0.3, -0.25) is 4.79 Å². The molecule has 148 valence electrons. The highest BCUT2D eigenvalue weighted by atomic mass is 32.2. The zero-order valence-electron chi connectivity index (χ0n) is 15.5. The van der Waals surface area contributed by atoms with Gasteiger partial charge in [-0.15, -0.1) is 0 Å². The SMILES string of the molecule is CNC1CN(C(=O)C2(NS(=O)(=O)c3ccccc3F)CCCC2)CC12CC2. The Hall–Kier alpha value is -1.51. The molecule has 3 fully saturated rings. The number of rotatable bonds is 5. The maximum Gasteiger partial charge on any atom is 0.244 e. The Morgan fingerprint density at radius 1 is 1.19 bits per heavy atom. The molecule has 0 bridgehead atoms. The number of nitrogens with zero attached hydrogens (tertiary/aromatic N) is 1. The standard InChI is InChI=1S/C19H26FN3O3S/c1-21-16-12-23(13-18(16)10-11-18)17(24)19(8-4-5-9-19)22-27(25,26)15-7-3-2-6-14(15)20/h2-3,6-7,16,21-22H,4-5,8-13H2,1H3. The number of benzene rings is 1. The van der Waals surface area contributed by atoms with Crippen LogP contribution in [0.4, 0.5) is 4.39 Å². The van der Waals surface area contributed by atoms with Gasteiger partial charge in [-0.25, -0.2) is 12.8 Å². The summed E-state index contributed by atoms with van der Waals surface area (Å²) in [5.41, 5.74) is -1.02. The highest BCUT2D eigenvalue weighted by molar-refractivity contribution is 7.89. The molecule has 27 heavy (non-hydrogen) atoms. The second kappa shape index (κ2) is 6.53. The Kier molecular flexibility index (Phi) is 4.56. The lowest BCUT2D eigenvalue weighted by atomic mass is 9.97. The van der Waals surface area contributed by atoms with Crippen molar-refractivity contribution in [3.05, 3.63) is 30.1 Å². The Labute approximate surface area is 159 Å². The van der Waals surface area contributed by atoms with E-state index >= 15 is 0 Å². The quantitative estimate of drug-likeness (QED) is 0.794. The number of hydrogen-bond donors (Lipinski definition) is 2. The number of carbonyl (C=O) groups excluding carboxylic acids is 1. The summed E-state index contributed by atoms with van der Waals surface area (Å²) in [7, 11) is -2.22. The first-order valence-electron chi connectivity index (χ1n) is 9.57. The Bertz CT molecular complexity index is 848. The number of halogens is 1. The van der Waals surface area contributed by atoms with Crippen molar-refractivity contribution in [3.8, 4) is 0 Å². The first-order chi connectivity index (χ1) is 12.8. The van der Waals surface area contributed by atoms with Crippen molar-refractivity contribution < 1.29 is 17.6 Å². The lowest BCUT2D eigenvalue weighted by Gasteiger charge is -2.33. The lowest BCUT2D eigenvalue weighted by molar-refractivity contribution is -0.136. The Balaban J connectivity index is 1.60. The molecular formula is C19H26FN3O3S. The smallest absolute Gasteiger partial charge is 0.244 e. The van der Waals surface area contributed by atoms with E-state index in [1.807, 2.05) is 11.9 Å². The first kappa shape index (κ1) is 18.8. The topological polar surface area (TPSA) is 78.5 Å². The fourth-order valence-corrected chi connectivity index (χ4v) is 6.30. The van der Waals surface area contributed by atoms with Crippen molar-refractivity contribution in [2.75, 3.05) is 20.1 Å². The maximum absolute atomic E-state index is 14.1. The van der Waals surface area contributed by atoms with Crippen LogP contribution in [0.15, 0.2) is 29.2 Å². The van der Waals surface area contributed by atoms with E-state index in [0.717, 1.165) is 31.7 Å². The molecule has 1 atom stereocenters. The van der Waals surface area contributed by atoms with E-state index in [-0.39, 0.29) is 17.4 Å². The molecular weight excluding hydrogens is 369 g/mol. The van der Waals surface area contributed by atoms with Gasteiger partial charge in [-0.2, -0.15) is 4.72 Å². The number of amides is 1. The molecule has 2 saturated carbocycles. The van der Waals surface area contributed by atoms with Crippen LogP contribution in [0.5, 0.6) is 0 Å². The van der Waals surface area contributed by atoms with Gasteiger partial charge in [0, 0.05) is 24.5 Å². The van der Waals surface area contributed by atoms with E-state index in [1.165, 1.54) is 18.2 Å². The molecule has 1 aromatic rings. The summed E-state index contributed by atoms with van der Waals surface area (Å²) in [6, 6.07) is 5.53. The van der Waals surface area contributed by atoms with Gasteiger partial charge >= 0.3 is 0 Å². The first-order valence-corrected chi connectivity index (χ1v) is 11.1. The predicted octanol–water partition coefficient (Wildman–Crippen LogP) is 1.63. The molecule has 0 aromatic heterocycles. The van der Waals surface area contributed by atoms with Crippen molar-refractivity contribution in [2.45, 2.75) is 55.0 Å². The molecule has 0 radical (unpaired) electrons. The second-order valence-electron chi connectivity index (χ2n) is 8.21. The molecule has 1 spiro atoms. The predicted molar refractivity (Wildman–Crippen MR) is 99.0 cm³/mol. The maximum atomic E-state index is 14.1. The summed E-state index contributed by atoms with van der Waals surface area (Å²) in [4.78, 5) is 14.8. The molecule has 1 unspecified atom stereocenters. The summed E-state index contributed by atoms with van der Waals surface area (Å²) < 4.78 is 42.4. The van der Waals surface area contributed by atoms with Crippen molar-refractivity contribution in [1.29, 1.82) is 0 Å². The summed E-state index contributed by atoms with van der Waals surface area (Å²) in [5, 5.41) is 3.30. The van der Waals surface area contributed by atoms with Gasteiger partial charge in [0.2, 0.25) is 15.9 Å². The normalized spacial score (nSPS) is 25.9. The van der Waals surface area contributed by atoms with Crippen LogP contribution in [0.25, 0.3) is 0 Å². The average Bonchev–Trinajstić information content (AvgIpc) is 3.09. The van der Waals surface area contributed by atoms with Crippen LogP contribution in [0.2, 0.25) is 0 Å². The van der Waals surface area contributed by atoms with Crippen molar-refractivity contribution >= 4 is 15.9 Å². The van der Waals surface area contributed by atoms with E-state index in [1.54, 1.807) is 0 Å². The highest BCUT2D eigenvalue weighted by Crippen LogP contribution is 2.53. The monoisotopic (exact) mass is 395 g/mol. The molecule has 3 aliphatic rings. The van der Waals surface area contributed by atoms with E-state index < -0.39 is 26.3 Å². The van der Waals surface area contributed by atoms with Gasteiger partial charge in [0.25, 0.3) is 0 Å². The second-order valence-corrected chi connectivity index (χ2v) is 9.87. The van der Waals surface area contributed by atoms with Crippen molar-refractivity contribution in [2.24, 2.45) is 5.41 Å². The Morgan fingerprint density at radius 3 is 2.41 bits per heavy atom. The molecule has 1 aromatic carbocycles. The molecule has 2 aliphatic carbocycles. The Morgan fingerprint density at radius 2 is 1.85 bits per heavy atom. The lowest BCUT2D eigenvalue weighted by Crippen LogP contribution is -2.58. The van der Waals surface area contributed by atoms with Gasteiger partial charge in [0.05, 0.1) is 0 Å². The van der Waals surface area contributed by atoms with Crippen molar-refractivity contribution in [3.63, 3.8) is 0 Å². The van der Waals surface area contributed by atoms with Gasteiger partial charge in [-0.1, -0.05) is 25.0 Å². The largest absolute Gasteiger partial charge is 0.339 e. The van der Waals surface area contributed by atoms with E-state index in [9.17, 15) is 17.6 Å². The number of sulfonamides is 1. The third-order valence-corrected chi connectivity index (χ3v) is 8.07. The fraction of sp³-hybridized carbons (Fsp3) is 0.632. The summed E-state index contributed by atoms with van der Waals surface area (Å²) in [5.74, 6) is -0.970. The van der Waals surface area contributed by atoms with E-state index in [4.69, 9.17) is 0 Å². The summed E-state index contributed by atoms with van der Waals surface area (Å²) in [6.45, 7) is 1.26. The van der Waals surface area contributed by atoms with Crippen molar-refractivity contribution in [1.82, 2.24) is 14.9 Å². The molecule has 1 heterocycles. The van der Waals surface area contributed by atoms with E-state index in [0.29, 0.717) is 25.9 Å². The molecule has 4 rings (SSSR count). The fourth-order valence-electron chi connectivity index (χ4n) is 4.80. The zero-order chi connectivity index (χ0) is 19.3. The van der Waals surface area contributed by atoms with Gasteiger partial charge in [-0.05, 0) is 44.9 Å². The molecule has 1 amide bonds. The number of nitrogens with one attached hydrogen (secondary N) is 2. The van der Waals surface area contributed by atoms with Crippen LogP contribution in [-0.2, 0) is 14.8 Å². The van der Waals surface area contributed by atoms with Gasteiger partial charge < -0.3 is 10.2 Å². The van der Waals surface area contributed by atoms with Crippen LogP contribution in [0.3, 0.4) is 0 Å². The number of likely N-dealkylation sites (N-methyl/N-ethyl adjacent to an activating group) is 1. The van der Waals surface area contributed by atoms with E-state index in [2.05, 4.69) is 10.0 Å². The van der Waals surface area contributed by atoms with Crippen LogP contribution < -0.4 is 10.0 Å². The number of carbonyl (C=O) groups is 1. The van der Waals surface area contributed by atoms with Crippen LogP contribution >= 0.6 is 0 Å². The molecule has 1 aliphatic heterocycles. The van der Waals surface area contributed by atoms with Gasteiger partial charge in [0.15, 0.2) is 0 Å². The minimum absolute atomic E-state index is 0.147. The van der Waals surface area contributed by atoms with Gasteiger partial charge in [0.1, 0.15) is 16.3 Å². The highest BCUT2D eigenvalue weighted by Gasteiger charge is 2.58. The molecule has 2 N–H and O–H groups in total. The third-order valence-electron chi connectivity index (χ3n) is 6.50. The minimum atomic E-state index is -4.13. The third kappa shape index (κ3) is 3.17. The molecule has 6 nitrogen and oxygen atoms in total. The minimum Gasteiger partial charge on any atom is -0.339 e. The van der Waals surface area contributed by atoms with Crippen LogP contribution in [0.1, 0.15) is 38.5 Å². The molecule has 1 saturated heterocycles. The zero-order valence-corrected chi connectivity index (χ0v) is 16.3. The average molecular weight is 396 g/mol. The number of hydrogen-bond acceptors (Lipinski definition) is 4. The number of likely N-dealkylation sites (tertiary alicyclic amines) is 1. The summed E-state index contributed by atoms with van der Waals surface area (Å²) >= 11 is 0.